The molecule has 5 heteroatoms. The van der Waals surface area contributed by atoms with Crippen molar-refractivity contribution >= 4 is 17.5 Å². The van der Waals surface area contributed by atoms with E-state index in [9.17, 15) is 9.59 Å². The normalized spacial score (nSPS) is 14.8. The average Bonchev–Trinajstić information content (AvgIpc) is 2.52. The van der Waals surface area contributed by atoms with E-state index in [-0.39, 0.29) is 11.8 Å². The Kier molecular flexibility index (Phi) is 5.78. The van der Waals surface area contributed by atoms with Crippen LogP contribution in [0.25, 0.3) is 0 Å². The molecular formula is C18H23N3O2. The number of piperazine rings is 1. The molecule has 2 amide bonds. The number of carbonyl (C=O) groups excluding carboxylic acids is 2. The summed E-state index contributed by atoms with van der Waals surface area (Å²) < 4.78 is 0. The highest BCUT2D eigenvalue weighted by atomic mass is 16.2. The molecule has 122 valence electrons. The molecule has 1 saturated heterocycles. The summed E-state index contributed by atoms with van der Waals surface area (Å²) in [6, 6.07) is 5.96. The number of amides is 2. The quantitative estimate of drug-likeness (QED) is 0.859. The molecule has 23 heavy (non-hydrogen) atoms. The van der Waals surface area contributed by atoms with Gasteiger partial charge in [-0.1, -0.05) is 24.1 Å². The predicted molar refractivity (Wildman–Crippen MR) is 91.0 cm³/mol. The lowest BCUT2D eigenvalue weighted by Gasteiger charge is -2.33. The maximum absolute atomic E-state index is 12.2. The van der Waals surface area contributed by atoms with Crippen molar-refractivity contribution < 1.29 is 9.59 Å². The van der Waals surface area contributed by atoms with Crippen LogP contribution in [0.1, 0.15) is 18.1 Å². The lowest BCUT2D eigenvalue weighted by atomic mass is 10.1. The SMILES string of the molecule is CC#CC(=O)N1CCN(CC(=O)Nc2c(C)cccc2C)CC1. The third-order valence-corrected chi connectivity index (χ3v) is 4.00. The van der Waals surface area contributed by atoms with E-state index < -0.39 is 0 Å². The zero-order valence-electron chi connectivity index (χ0n) is 14.0. The van der Waals surface area contributed by atoms with Crippen LogP contribution in [-0.2, 0) is 9.59 Å². The second-order valence-corrected chi connectivity index (χ2v) is 5.76. The summed E-state index contributed by atoms with van der Waals surface area (Å²) in [5.74, 6) is 5.03. The number of benzene rings is 1. The average molecular weight is 313 g/mol. The second kappa shape index (κ2) is 7.80. The van der Waals surface area contributed by atoms with Crippen molar-refractivity contribution in [3.8, 4) is 11.8 Å². The van der Waals surface area contributed by atoms with E-state index >= 15 is 0 Å². The van der Waals surface area contributed by atoms with Crippen LogP contribution in [0, 0.1) is 25.7 Å². The Hall–Kier alpha value is -2.32. The minimum absolute atomic E-state index is 0.0180. The van der Waals surface area contributed by atoms with Gasteiger partial charge in [0.15, 0.2) is 0 Å². The molecule has 0 bridgehead atoms. The molecule has 0 aliphatic carbocycles. The highest BCUT2D eigenvalue weighted by molar-refractivity contribution is 5.94. The minimum atomic E-state index is -0.132. The monoisotopic (exact) mass is 313 g/mol. The Labute approximate surface area is 137 Å². The smallest absolute Gasteiger partial charge is 0.298 e. The predicted octanol–water partition coefficient (Wildman–Crippen LogP) is 1.41. The van der Waals surface area contributed by atoms with Crippen LogP contribution >= 0.6 is 0 Å². The van der Waals surface area contributed by atoms with Gasteiger partial charge in [-0.3, -0.25) is 14.5 Å². The fourth-order valence-corrected chi connectivity index (χ4v) is 2.69. The van der Waals surface area contributed by atoms with Gasteiger partial charge in [0.1, 0.15) is 0 Å². The van der Waals surface area contributed by atoms with E-state index in [4.69, 9.17) is 0 Å². The fraction of sp³-hybridized carbons (Fsp3) is 0.444. The van der Waals surface area contributed by atoms with E-state index in [0.717, 1.165) is 16.8 Å². The van der Waals surface area contributed by atoms with Crippen LogP contribution in [0.4, 0.5) is 5.69 Å². The lowest BCUT2D eigenvalue weighted by molar-refractivity contribution is -0.127. The summed E-state index contributed by atoms with van der Waals surface area (Å²) in [7, 11) is 0. The molecule has 0 radical (unpaired) electrons. The summed E-state index contributed by atoms with van der Waals surface area (Å²) in [4.78, 5) is 27.7. The number of para-hydroxylation sites is 1. The maximum Gasteiger partial charge on any atom is 0.298 e. The number of hydrogen-bond donors (Lipinski definition) is 1. The Balaban J connectivity index is 1.85. The van der Waals surface area contributed by atoms with Gasteiger partial charge in [-0.05, 0) is 37.8 Å². The van der Waals surface area contributed by atoms with Crippen LogP contribution in [0.2, 0.25) is 0 Å². The van der Waals surface area contributed by atoms with Gasteiger partial charge in [0.05, 0.1) is 6.54 Å². The zero-order valence-corrected chi connectivity index (χ0v) is 14.0. The van der Waals surface area contributed by atoms with Crippen LogP contribution in [0.5, 0.6) is 0 Å². The summed E-state index contributed by atoms with van der Waals surface area (Å²) in [6.07, 6.45) is 0. The number of rotatable bonds is 3. The molecule has 1 aromatic carbocycles. The Morgan fingerprint density at radius 2 is 1.74 bits per heavy atom. The molecule has 1 aromatic rings. The first-order valence-corrected chi connectivity index (χ1v) is 7.81. The zero-order chi connectivity index (χ0) is 16.8. The van der Waals surface area contributed by atoms with Gasteiger partial charge in [0.2, 0.25) is 5.91 Å². The van der Waals surface area contributed by atoms with Crippen molar-refractivity contribution in [2.24, 2.45) is 0 Å². The standard InChI is InChI=1S/C18H23N3O2/c1-4-6-17(23)21-11-9-20(10-12-21)13-16(22)19-18-14(2)7-5-8-15(18)3/h5,7-8H,9-13H2,1-3H3,(H,19,22). The summed E-state index contributed by atoms with van der Waals surface area (Å²) in [5, 5.41) is 3.00. The van der Waals surface area contributed by atoms with E-state index in [2.05, 4.69) is 22.1 Å². The topological polar surface area (TPSA) is 52.7 Å². The molecule has 0 aromatic heterocycles. The van der Waals surface area contributed by atoms with Gasteiger partial charge >= 0.3 is 0 Å². The number of hydrogen-bond acceptors (Lipinski definition) is 3. The van der Waals surface area contributed by atoms with Gasteiger partial charge in [-0.15, -0.1) is 0 Å². The van der Waals surface area contributed by atoms with Crippen molar-refractivity contribution in [3.05, 3.63) is 29.3 Å². The molecule has 1 heterocycles. The van der Waals surface area contributed by atoms with Crippen LogP contribution < -0.4 is 5.32 Å². The van der Waals surface area contributed by atoms with Gasteiger partial charge in [-0.25, -0.2) is 0 Å². The molecule has 2 rings (SSSR count). The molecule has 1 N–H and O–H groups in total. The number of aryl methyl sites for hydroxylation is 2. The molecule has 1 fully saturated rings. The second-order valence-electron chi connectivity index (χ2n) is 5.76. The number of nitrogens with one attached hydrogen (secondary N) is 1. The minimum Gasteiger partial charge on any atom is -0.329 e. The van der Waals surface area contributed by atoms with E-state index in [1.807, 2.05) is 32.0 Å². The summed E-state index contributed by atoms with van der Waals surface area (Å²) in [6.45, 7) is 8.59. The number of carbonyl (C=O) groups is 2. The van der Waals surface area contributed by atoms with Crippen molar-refractivity contribution in [2.75, 3.05) is 38.0 Å². The van der Waals surface area contributed by atoms with Crippen molar-refractivity contribution in [3.63, 3.8) is 0 Å². The van der Waals surface area contributed by atoms with Crippen LogP contribution in [0.3, 0.4) is 0 Å². The number of nitrogens with zero attached hydrogens (tertiary/aromatic N) is 2. The van der Waals surface area contributed by atoms with E-state index in [0.29, 0.717) is 32.7 Å². The van der Waals surface area contributed by atoms with Crippen molar-refractivity contribution in [1.82, 2.24) is 9.80 Å². The maximum atomic E-state index is 12.2. The van der Waals surface area contributed by atoms with Crippen molar-refractivity contribution in [1.29, 1.82) is 0 Å². The van der Waals surface area contributed by atoms with Crippen molar-refractivity contribution in [2.45, 2.75) is 20.8 Å². The van der Waals surface area contributed by atoms with Gasteiger partial charge in [0, 0.05) is 31.9 Å². The first-order valence-electron chi connectivity index (χ1n) is 7.81. The van der Waals surface area contributed by atoms with Crippen LogP contribution in [-0.4, -0.2) is 54.3 Å². The summed E-state index contributed by atoms with van der Waals surface area (Å²) >= 11 is 0. The van der Waals surface area contributed by atoms with Gasteiger partial charge in [-0.2, -0.15) is 0 Å². The summed E-state index contributed by atoms with van der Waals surface area (Å²) in [5.41, 5.74) is 3.02. The molecule has 1 aliphatic rings. The highest BCUT2D eigenvalue weighted by Crippen LogP contribution is 2.19. The third kappa shape index (κ3) is 4.57. The molecular weight excluding hydrogens is 290 g/mol. The van der Waals surface area contributed by atoms with E-state index in [1.54, 1.807) is 11.8 Å². The molecule has 0 spiro atoms. The molecule has 0 unspecified atom stereocenters. The Morgan fingerprint density at radius 1 is 1.13 bits per heavy atom. The molecule has 0 saturated carbocycles. The highest BCUT2D eigenvalue weighted by Gasteiger charge is 2.21. The van der Waals surface area contributed by atoms with Crippen LogP contribution in [0.15, 0.2) is 18.2 Å². The Morgan fingerprint density at radius 3 is 2.30 bits per heavy atom. The molecule has 1 aliphatic heterocycles. The van der Waals surface area contributed by atoms with Gasteiger partial charge < -0.3 is 10.2 Å². The largest absolute Gasteiger partial charge is 0.329 e. The van der Waals surface area contributed by atoms with Gasteiger partial charge in [0.25, 0.3) is 5.91 Å². The lowest BCUT2D eigenvalue weighted by Crippen LogP contribution is -2.50. The molecule has 5 nitrogen and oxygen atoms in total. The third-order valence-electron chi connectivity index (χ3n) is 4.00. The Bertz CT molecular complexity index is 630. The first kappa shape index (κ1) is 17.0. The molecule has 0 atom stereocenters. The fourth-order valence-electron chi connectivity index (χ4n) is 2.69. The first-order chi connectivity index (χ1) is 11.0. The number of anilines is 1. The van der Waals surface area contributed by atoms with E-state index in [1.165, 1.54) is 0 Å².